The van der Waals surface area contributed by atoms with E-state index in [1.165, 1.54) is 12.3 Å². The summed E-state index contributed by atoms with van der Waals surface area (Å²) in [7, 11) is 0. The van der Waals surface area contributed by atoms with Gasteiger partial charge in [-0.25, -0.2) is 9.37 Å². The molecule has 19 heavy (non-hydrogen) atoms. The van der Waals surface area contributed by atoms with Crippen LogP contribution in [-0.4, -0.2) is 42.6 Å². The molecule has 1 saturated heterocycles. The van der Waals surface area contributed by atoms with Gasteiger partial charge in [0.05, 0.1) is 12.1 Å². The normalized spacial score (nSPS) is 17.2. The van der Waals surface area contributed by atoms with Gasteiger partial charge in [-0.05, 0) is 12.0 Å². The highest BCUT2D eigenvalue weighted by Gasteiger charge is 2.20. The molecular weight excluding hydrogens is 265 g/mol. The zero-order valence-corrected chi connectivity index (χ0v) is 12.3. The van der Waals surface area contributed by atoms with E-state index in [9.17, 15) is 4.39 Å². The Hall–Kier alpha value is -0.870. The Morgan fingerprint density at radius 1 is 1.32 bits per heavy atom. The van der Waals surface area contributed by atoms with Crippen LogP contribution < -0.4 is 4.90 Å². The Kier molecular flexibility index (Phi) is 4.99. The fraction of sp³-hybridized carbons (Fsp3) is 0.643. The highest BCUT2D eigenvalue weighted by atomic mass is 35.5. The van der Waals surface area contributed by atoms with Gasteiger partial charge >= 0.3 is 0 Å². The molecule has 106 valence electrons. The molecule has 0 N–H and O–H groups in total. The maximum atomic E-state index is 13.2. The Bertz CT molecular complexity index is 417. The second kappa shape index (κ2) is 6.53. The van der Waals surface area contributed by atoms with E-state index in [4.69, 9.17) is 11.6 Å². The van der Waals surface area contributed by atoms with Gasteiger partial charge in [-0.2, -0.15) is 0 Å². The van der Waals surface area contributed by atoms with Gasteiger partial charge in [0.15, 0.2) is 0 Å². The number of hydrogen-bond donors (Lipinski definition) is 0. The van der Waals surface area contributed by atoms with Crippen LogP contribution in [0.5, 0.6) is 0 Å². The number of anilines is 1. The van der Waals surface area contributed by atoms with Gasteiger partial charge in [0.1, 0.15) is 11.6 Å². The summed E-state index contributed by atoms with van der Waals surface area (Å²) in [5, 5.41) is 0. The fourth-order valence-corrected chi connectivity index (χ4v) is 2.71. The number of alkyl halides is 1. The number of piperazine rings is 1. The fourth-order valence-electron chi connectivity index (χ4n) is 2.52. The minimum atomic E-state index is -0.321. The first-order valence-electron chi connectivity index (χ1n) is 6.78. The predicted octanol–water partition coefficient (Wildman–Crippen LogP) is 2.74. The summed E-state index contributed by atoms with van der Waals surface area (Å²) in [4.78, 5) is 8.87. The number of hydrogen-bond acceptors (Lipinski definition) is 3. The minimum absolute atomic E-state index is 0.298. The second-order valence-electron chi connectivity index (χ2n) is 5.45. The van der Waals surface area contributed by atoms with Crippen molar-refractivity contribution in [2.24, 2.45) is 5.92 Å². The average Bonchev–Trinajstić information content (AvgIpc) is 2.39. The monoisotopic (exact) mass is 285 g/mol. The van der Waals surface area contributed by atoms with Crippen LogP contribution in [0.25, 0.3) is 0 Å². The van der Waals surface area contributed by atoms with E-state index in [-0.39, 0.29) is 5.82 Å². The summed E-state index contributed by atoms with van der Waals surface area (Å²) < 4.78 is 13.2. The highest BCUT2D eigenvalue weighted by Crippen LogP contribution is 2.22. The van der Waals surface area contributed by atoms with Crippen LogP contribution in [0.1, 0.15) is 19.4 Å². The van der Waals surface area contributed by atoms with Crippen LogP contribution in [0.4, 0.5) is 10.2 Å². The van der Waals surface area contributed by atoms with E-state index in [0.29, 0.717) is 11.8 Å². The molecule has 0 atom stereocenters. The van der Waals surface area contributed by atoms with Gasteiger partial charge in [-0.1, -0.05) is 13.8 Å². The molecule has 1 fully saturated rings. The number of halogens is 2. The zero-order chi connectivity index (χ0) is 13.8. The molecule has 5 heteroatoms. The van der Waals surface area contributed by atoms with Crippen LogP contribution in [0.3, 0.4) is 0 Å². The average molecular weight is 286 g/mol. The molecule has 0 amide bonds. The summed E-state index contributed by atoms with van der Waals surface area (Å²) in [6.45, 7) is 9.51. The Labute approximate surface area is 119 Å². The molecule has 2 heterocycles. The van der Waals surface area contributed by atoms with Crippen LogP contribution in [0.15, 0.2) is 12.3 Å². The second-order valence-corrected chi connectivity index (χ2v) is 5.72. The van der Waals surface area contributed by atoms with Crippen molar-refractivity contribution < 1.29 is 4.39 Å². The third-order valence-corrected chi connectivity index (χ3v) is 3.64. The van der Waals surface area contributed by atoms with Crippen molar-refractivity contribution >= 4 is 17.4 Å². The molecule has 1 aliphatic heterocycles. The molecule has 3 nitrogen and oxygen atoms in total. The highest BCUT2D eigenvalue weighted by molar-refractivity contribution is 6.17. The quantitative estimate of drug-likeness (QED) is 0.793. The SMILES string of the molecule is CC(C)CN1CCN(c2ncc(F)cc2CCl)CC1. The molecule has 0 aromatic carbocycles. The van der Waals surface area contributed by atoms with Gasteiger partial charge in [0, 0.05) is 38.3 Å². The van der Waals surface area contributed by atoms with E-state index in [1.807, 2.05) is 0 Å². The first-order valence-corrected chi connectivity index (χ1v) is 7.31. The molecule has 0 saturated carbocycles. The summed E-state index contributed by atoms with van der Waals surface area (Å²) in [5.74, 6) is 1.50. The van der Waals surface area contributed by atoms with Gasteiger partial charge < -0.3 is 4.90 Å². The van der Waals surface area contributed by atoms with Crippen LogP contribution in [0.2, 0.25) is 0 Å². The summed E-state index contributed by atoms with van der Waals surface area (Å²) in [6, 6.07) is 1.48. The van der Waals surface area contributed by atoms with Crippen LogP contribution >= 0.6 is 11.6 Å². The number of nitrogens with zero attached hydrogens (tertiary/aromatic N) is 3. The molecule has 1 aliphatic rings. The lowest BCUT2D eigenvalue weighted by Gasteiger charge is -2.36. The summed E-state index contributed by atoms with van der Waals surface area (Å²) in [5.41, 5.74) is 0.777. The van der Waals surface area contributed by atoms with Crippen molar-refractivity contribution in [3.63, 3.8) is 0 Å². The van der Waals surface area contributed by atoms with Gasteiger partial charge in [0.2, 0.25) is 0 Å². The van der Waals surface area contributed by atoms with Gasteiger partial charge in [-0.15, -0.1) is 11.6 Å². The zero-order valence-electron chi connectivity index (χ0n) is 11.6. The Balaban J connectivity index is 2.01. The first kappa shape index (κ1) is 14.5. The maximum Gasteiger partial charge on any atom is 0.141 e. The first-order chi connectivity index (χ1) is 9.10. The molecular formula is C14H21ClFN3. The largest absolute Gasteiger partial charge is 0.354 e. The van der Waals surface area contributed by atoms with Gasteiger partial charge in [0.25, 0.3) is 0 Å². The number of pyridine rings is 1. The van der Waals surface area contributed by atoms with Crippen molar-refractivity contribution in [2.45, 2.75) is 19.7 Å². The van der Waals surface area contributed by atoms with E-state index in [0.717, 1.165) is 44.1 Å². The topological polar surface area (TPSA) is 19.4 Å². The molecule has 1 aromatic rings. The van der Waals surface area contributed by atoms with E-state index >= 15 is 0 Å². The Morgan fingerprint density at radius 3 is 2.58 bits per heavy atom. The van der Waals surface area contributed by atoms with Gasteiger partial charge in [-0.3, -0.25) is 4.90 Å². The molecule has 2 rings (SSSR count). The standard InChI is InChI=1S/C14H21ClFN3/c1-11(2)10-18-3-5-19(6-4-18)14-12(8-15)7-13(16)9-17-14/h7,9,11H,3-6,8,10H2,1-2H3. The lowest BCUT2D eigenvalue weighted by atomic mass is 10.2. The van der Waals surface area contributed by atoms with Crippen LogP contribution in [-0.2, 0) is 5.88 Å². The molecule has 0 bridgehead atoms. The van der Waals surface area contributed by atoms with E-state index in [1.54, 1.807) is 0 Å². The molecule has 0 radical (unpaired) electrons. The molecule has 0 aliphatic carbocycles. The number of aromatic nitrogens is 1. The van der Waals surface area contributed by atoms with Crippen molar-refractivity contribution in [1.82, 2.24) is 9.88 Å². The lowest BCUT2D eigenvalue weighted by molar-refractivity contribution is 0.231. The van der Waals surface area contributed by atoms with Crippen molar-refractivity contribution in [3.8, 4) is 0 Å². The third-order valence-electron chi connectivity index (χ3n) is 3.35. The van der Waals surface area contributed by atoms with Crippen molar-refractivity contribution in [3.05, 3.63) is 23.6 Å². The summed E-state index contributed by atoms with van der Waals surface area (Å²) in [6.07, 6.45) is 1.27. The predicted molar refractivity (Wildman–Crippen MR) is 77.2 cm³/mol. The van der Waals surface area contributed by atoms with Crippen LogP contribution in [0, 0.1) is 11.7 Å². The minimum Gasteiger partial charge on any atom is -0.354 e. The molecule has 1 aromatic heterocycles. The molecule has 0 spiro atoms. The van der Waals surface area contributed by atoms with Crippen molar-refractivity contribution in [1.29, 1.82) is 0 Å². The lowest BCUT2D eigenvalue weighted by Crippen LogP contribution is -2.48. The Morgan fingerprint density at radius 2 is 2.00 bits per heavy atom. The number of rotatable bonds is 4. The molecule has 0 unspecified atom stereocenters. The van der Waals surface area contributed by atoms with Crippen molar-refractivity contribution in [2.75, 3.05) is 37.6 Å². The van der Waals surface area contributed by atoms with E-state index < -0.39 is 0 Å². The summed E-state index contributed by atoms with van der Waals surface area (Å²) >= 11 is 5.88. The third kappa shape index (κ3) is 3.80. The maximum absolute atomic E-state index is 13.2. The van der Waals surface area contributed by atoms with E-state index in [2.05, 4.69) is 28.6 Å². The smallest absolute Gasteiger partial charge is 0.141 e.